The molecule has 0 radical (unpaired) electrons. The molecule has 0 aromatic heterocycles. The van der Waals surface area contributed by atoms with Gasteiger partial charge in [-0.2, -0.15) is 0 Å². The third-order valence-electron chi connectivity index (χ3n) is 4.54. The summed E-state index contributed by atoms with van der Waals surface area (Å²) in [6, 6.07) is 9.19. The maximum absolute atomic E-state index is 8.70. The molecule has 0 amide bonds. The Morgan fingerprint density at radius 1 is 1.30 bits per heavy atom. The molecule has 2 heterocycles. The van der Waals surface area contributed by atoms with Gasteiger partial charge >= 0.3 is 0 Å². The molecule has 5 nitrogen and oxygen atoms in total. The molecule has 108 valence electrons. The molecule has 2 aliphatic heterocycles. The van der Waals surface area contributed by atoms with E-state index < -0.39 is 0 Å². The molecule has 2 fully saturated rings. The molecule has 5 heteroatoms. The first-order valence-corrected chi connectivity index (χ1v) is 7.27. The molecule has 0 bridgehead atoms. The van der Waals surface area contributed by atoms with Crippen molar-refractivity contribution in [3.63, 3.8) is 0 Å². The SMILES string of the molecule is CC1CN2CCCC2CN1c1ccc(/C(N)=N/O)cc1. The summed E-state index contributed by atoms with van der Waals surface area (Å²) < 4.78 is 0. The van der Waals surface area contributed by atoms with E-state index in [1.54, 1.807) is 0 Å². The fourth-order valence-corrected chi connectivity index (χ4v) is 3.43. The van der Waals surface area contributed by atoms with Crippen LogP contribution in [0.15, 0.2) is 29.4 Å². The van der Waals surface area contributed by atoms with E-state index in [0.29, 0.717) is 12.1 Å². The summed E-state index contributed by atoms with van der Waals surface area (Å²) in [5.41, 5.74) is 7.57. The highest BCUT2D eigenvalue weighted by molar-refractivity contribution is 5.97. The van der Waals surface area contributed by atoms with Crippen molar-refractivity contribution in [1.82, 2.24) is 4.90 Å². The van der Waals surface area contributed by atoms with E-state index in [-0.39, 0.29) is 5.84 Å². The molecule has 2 aliphatic rings. The number of fused-ring (bicyclic) bond motifs is 1. The van der Waals surface area contributed by atoms with Gasteiger partial charge in [0.05, 0.1) is 0 Å². The lowest BCUT2D eigenvalue weighted by atomic mass is 10.1. The van der Waals surface area contributed by atoms with Gasteiger partial charge in [0.15, 0.2) is 5.84 Å². The van der Waals surface area contributed by atoms with Crippen LogP contribution in [0.2, 0.25) is 0 Å². The molecular formula is C15H22N4O. The number of hydrogen-bond acceptors (Lipinski definition) is 4. The highest BCUT2D eigenvalue weighted by Gasteiger charge is 2.34. The molecule has 2 saturated heterocycles. The van der Waals surface area contributed by atoms with Crippen molar-refractivity contribution in [3.8, 4) is 0 Å². The number of rotatable bonds is 2. The second-order valence-corrected chi connectivity index (χ2v) is 5.82. The van der Waals surface area contributed by atoms with Gasteiger partial charge in [0, 0.05) is 36.4 Å². The number of anilines is 1. The van der Waals surface area contributed by atoms with Crippen molar-refractivity contribution in [1.29, 1.82) is 0 Å². The van der Waals surface area contributed by atoms with Crippen LogP contribution in [0.3, 0.4) is 0 Å². The standard InChI is InChI=1S/C15H22N4O/c1-11-9-18-8-2-3-14(18)10-19(11)13-6-4-12(5-7-13)15(16)17-20/h4-7,11,14,20H,2-3,8-10H2,1H3,(H2,16,17). The van der Waals surface area contributed by atoms with E-state index in [1.165, 1.54) is 25.1 Å². The van der Waals surface area contributed by atoms with Crippen LogP contribution in [-0.4, -0.2) is 47.7 Å². The van der Waals surface area contributed by atoms with Crippen LogP contribution in [-0.2, 0) is 0 Å². The van der Waals surface area contributed by atoms with Crippen LogP contribution in [0.4, 0.5) is 5.69 Å². The molecule has 0 saturated carbocycles. The predicted molar refractivity (Wildman–Crippen MR) is 80.4 cm³/mol. The van der Waals surface area contributed by atoms with Gasteiger partial charge in [-0.3, -0.25) is 4.90 Å². The summed E-state index contributed by atoms with van der Waals surface area (Å²) >= 11 is 0. The fraction of sp³-hybridized carbons (Fsp3) is 0.533. The Bertz CT molecular complexity index is 499. The van der Waals surface area contributed by atoms with Crippen LogP contribution >= 0.6 is 0 Å². The Morgan fingerprint density at radius 2 is 2.05 bits per heavy atom. The first kappa shape index (κ1) is 13.2. The maximum atomic E-state index is 8.70. The number of hydrogen-bond donors (Lipinski definition) is 2. The smallest absolute Gasteiger partial charge is 0.170 e. The molecule has 2 atom stereocenters. The van der Waals surface area contributed by atoms with Gasteiger partial charge in [0.2, 0.25) is 0 Å². The quantitative estimate of drug-likeness (QED) is 0.371. The Hall–Kier alpha value is -1.75. The van der Waals surface area contributed by atoms with Gasteiger partial charge in [-0.15, -0.1) is 0 Å². The molecule has 0 aliphatic carbocycles. The van der Waals surface area contributed by atoms with E-state index in [0.717, 1.165) is 18.7 Å². The second kappa shape index (κ2) is 5.32. The maximum Gasteiger partial charge on any atom is 0.170 e. The number of oxime groups is 1. The van der Waals surface area contributed by atoms with Gasteiger partial charge in [-0.05, 0) is 50.6 Å². The minimum Gasteiger partial charge on any atom is -0.409 e. The van der Waals surface area contributed by atoms with E-state index in [9.17, 15) is 0 Å². The van der Waals surface area contributed by atoms with E-state index in [4.69, 9.17) is 10.9 Å². The number of nitrogens with two attached hydrogens (primary N) is 1. The molecular weight excluding hydrogens is 252 g/mol. The Balaban J connectivity index is 1.78. The zero-order chi connectivity index (χ0) is 14.1. The topological polar surface area (TPSA) is 65.1 Å². The molecule has 3 N–H and O–H groups in total. The van der Waals surface area contributed by atoms with Crippen LogP contribution in [0.5, 0.6) is 0 Å². The zero-order valence-electron chi connectivity index (χ0n) is 11.9. The Kier molecular flexibility index (Phi) is 3.53. The van der Waals surface area contributed by atoms with Crippen LogP contribution in [0.25, 0.3) is 0 Å². The number of nitrogens with zero attached hydrogens (tertiary/aromatic N) is 3. The highest BCUT2D eigenvalue weighted by Crippen LogP contribution is 2.28. The summed E-state index contributed by atoms with van der Waals surface area (Å²) in [5.74, 6) is 0.158. The van der Waals surface area contributed by atoms with Crippen molar-refractivity contribution in [3.05, 3.63) is 29.8 Å². The molecule has 20 heavy (non-hydrogen) atoms. The second-order valence-electron chi connectivity index (χ2n) is 5.82. The minimum atomic E-state index is 0.158. The first-order valence-electron chi connectivity index (χ1n) is 7.27. The van der Waals surface area contributed by atoms with Crippen molar-refractivity contribution >= 4 is 11.5 Å². The Labute approximate surface area is 119 Å². The largest absolute Gasteiger partial charge is 0.409 e. The first-order chi connectivity index (χ1) is 9.69. The van der Waals surface area contributed by atoms with E-state index >= 15 is 0 Å². The van der Waals surface area contributed by atoms with Crippen LogP contribution in [0.1, 0.15) is 25.3 Å². The minimum absolute atomic E-state index is 0.158. The lowest BCUT2D eigenvalue weighted by Gasteiger charge is -2.43. The number of piperazine rings is 1. The van der Waals surface area contributed by atoms with E-state index in [2.05, 4.69) is 34.0 Å². The van der Waals surface area contributed by atoms with Gasteiger partial charge in [0.1, 0.15) is 0 Å². The lowest BCUT2D eigenvalue weighted by Crippen LogP contribution is -2.55. The normalized spacial score (nSPS) is 27.6. The molecule has 2 unspecified atom stereocenters. The van der Waals surface area contributed by atoms with Crippen molar-refractivity contribution in [2.24, 2.45) is 10.9 Å². The monoisotopic (exact) mass is 274 g/mol. The molecule has 0 spiro atoms. The highest BCUT2D eigenvalue weighted by atomic mass is 16.4. The summed E-state index contributed by atoms with van der Waals surface area (Å²) in [7, 11) is 0. The van der Waals surface area contributed by atoms with Crippen molar-refractivity contribution in [2.75, 3.05) is 24.5 Å². The number of amidine groups is 1. The predicted octanol–water partition coefficient (Wildman–Crippen LogP) is 1.45. The molecule has 1 aromatic rings. The third kappa shape index (κ3) is 2.33. The summed E-state index contributed by atoms with van der Waals surface area (Å²) in [6.45, 7) is 5.79. The van der Waals surface area contributed by atoms with Gasteiger partial charge in [-0.25, -0.2) is 0 Å². The van der Waals surface area contributed by atoms with Crippen molar-refractivity contribution < 1.29 is 5.21 Å². The summed E-state index contributed by atoms with van der Waals surface area (Å²) in [6.07, 6.45) is 2.64. The van der Waals surface area contributed by atoms with Gasteiger partial charge in [-0.1, -0.05) is 5.16 Å². The van der Waals surface area contributed by atoms with Crippen LogP contribution < -0.4 is 10.6 Å². The zero-order valence-corrected chi connectivity index (χ0v) is 11.9. The fourth-order valence-electron chi connectivity index (χ4n) is 3.43. The Morgan fingerprint density at radius 3 is 2.75 bits per heavy atom. The van der Waals surface area contributed by atoms with Crippen LogP contribution in [0, 0.1) is 0 Å². The van der Waals surface area contributed by atoms with Gasteiger partial charge in [0.25, 0.3) is 0 Å². The molecule has 1 aromatic carbocycles. The number of benzene rings is 1. The average Bonchev–Trinajstić information content (AvgIpc) is 2.93. The average molecular weight is 274 g/mol. The summed E-state index contributed by atoms with van der Waals surface area (Å²) in [4.78, 5) is 5.09. The third-order valence-corrected chi connectivity index (χ3v) is 4.54. The lowest BCUT2D eigenvalue weighted by molar-refractivity contribution is 0.203. The molecule has 3 rings (SSSR count). The van der Waals surface area contributed by atoms with Crippen molar-refractivity contribution in [2.45, 2.75) is 31.8 Å². The van der Waals surface area contributed by atoms with Gasteiger partial charge < -0.3 is 15.8 Å². The summed E-state index contributed by atoms with van der Waals surface area (Å²) in [5, 5.41) is 11.7. The van der Waals surface area contributed by atoms with E-state index in [1.807, 2.05) is 12.1 Å².